The zero-order valence-electron chi connectivity index (χ0n) is 17.3. The minimum absolute atomic E-state index is 0.00244. The van der Waals surface area contributed by atoms with E-state index in [0.29, 0.717) is 22.1 Å². The van der Waals surface area contributed by atoms with E-state index in [2.05, 4.69) is 19.7 Å². The number of hydrogen-bond donors (Lipinski definition) is 0. The molecule has 170 valence electrons. The van der Waals surface area contributed by atoms with Crippen LogP contribution < -0.4 is 4.74 Å². The highest BCUT2D eigenvalue weighted by atomic mass is 32.2. The number of aromatic nitrogens is 5. The van der Waals surface area contributed by atoms with Crippen molar-refractivity contribution in [2.75, 3.05) is 5.75 Å². The van der Waals surface area contributed by atoms with Gasteiger partial charge in [0, 0.05) is 18.6 Å². The molecule has 4 heterocycles. The lowest BCUT2D eigenvalue weighted by molar-refractivity contribution is -0.274. The third kappa shape index (κ3) is 3.37. The standard InChI is InChI=1S/C21H16F3N5O3S/c1-3-33(30,31)20-17(27-15-9-4-5-10-29(15)20)19-26-13-11-25-16-12(18(13)28(19)2)7-6-8-14(16)32-21(22,23)24/h4-11H,3H2,1-2H3. The van der Waals surface area contributed by atoms with E-state index in [9.17, 15) is 21.6 Å². The zero-order chi connectivity index (χ0) is 23.5. The number of fused-ring (bicyclic) bond motifs is 4. The minimum Gasteiger partial charge on any atom is -0.403 e. The van der Waals surface area contributed by atoms with Gasteiger partial charge in [0.1, 0.15) is 22.4 Å². The van der Waals surface area contributed by atoms with Gasteiger partial charge < -0.3 is 9.30 Å². The summed E-state index contributed by atoms with van der Waals surface area (Å²) in [5.41, 5.74) is 1.43. The van der Waals surface area contributed by atoms with Crippen LogP contribution in [0.3, 0.4) is 0 Å². The van der Waals surface area contributed by atoms with Crippen LogP contribution in [0.1, 0.15) is 6.92 Å². The number of imidazole rings is 2. The molecule has 33 heavy (non-hydrogen) atoms. The van der Waals surface area contributed by atoms with Crippen molar-refractivity contribution in [2.45, 2.75) is 18.3 Å². The number of pyridine rings is 2. The van der Waals surface area contributed by atoms with Crippen molar-refractivity contribution in [3.8, 4) is 17.3 Å². The first kappa shape index (κ1) is 21.2. The van der Waals surface area contributed by atoms with Crippen LogP contribution in [0.2, 0.25) is 0 Å². The van der Waals surface area contributed by atoms with E-state index in [1.54, 1.807) is 42.1 Å². The molecule has 0 bridgehead atoms. The van der Waals surface area contributed by atoms with Crippen molar-refractivity contribution >= 4 is 37.4 Å². The van der Waals surface area contributed by atoms with E-state index in [-0.39, 0.29) is 27.8 Å². The van der Waals surface area contributed by atoms with Gasteiger partial charge in [-0.2, -0.15) is 0 Å². The smallest absolute Gasteiger partial charge is 0.403 e. The van der Waals surface area contributed by atoms with Gasteiger partial charge in [0.05, 0.1) is 17.5 Å². The number of rotatable bonds is 4. The van der Waals surface area contributed by atoms with E-state index >= 15 is 0 Å². The maximum Gasteiger partial charge on any atom is 0.573 e. The van der Waals surface area contributed by atoms with Gasteiger partial charge in [0.15, 0.2) is 26.4 Å². The maximum atomic E-state index is 13.0. The molecule has 0 saturated carbocycles. The van der Waals surface area contributed by atoms with Crippen LogP contribution in [0.15, 0.2) is 53.8 Å². The summed E-state index contributed by atoms with van der Waals surface area (Å²) >= 11 is 0. The second-order valence-corrected chi connectivity index (χ2v) is 9.48. The van der Waals surface area contributed by atoms with Crippen molar-refractivity contribution in [3.63, 3.8) is 0 Å². The minimum atomic E-state index is -4.87. The number of hydrogen-bond acceptors (Lipinski definition) is 6. The summed E-state index contributed by atoms with van der Waals surface area (Å²) in [5, 5.41) is 0.372. The van der Waals surface area contributed by atoms with Crippen LogP contribution in [0, 0.1) is 0 Å². The summed E-state index contributed by atoms with van der Waals surface area (Å²) in [4.78, 5) is 13.2. The number of sulfone groups is 1. The molecule has 0 atom stereocenters. The molecule has 0 aliphatic rings. The average Bonchev–Trinajstić information content (AvgIpc) is 3.31. The van der Waals surface area contributed by atoms with E-state index in [1.807, 2.05) is 0 Å². The fourth-order valence-electron chi connectivity index (χ4n) is 3.87. The van der Waals surface area contributed by atoms with Gasteiger partial charge in [-0.3, -0.25) is 4.40 Å². The predicted molar refractivity (Wildman–Crippen MR) is 115 cm³/mol. The van der Waals surface area contributed by atoms with Crippen molar-refractivity contribution in [1.29, 1.82) is 0 Å². The highest BCUT2D eigenvalue weighted by Crippen LogP contribution is 2.36. The Kier molecular flexibility index (Phi) is 4.60. The normalized spacial score (nSPS) is 12.8. The number of benzene rings is 1. The third-order valence-corrected chi connectivity index (χ3v) is 7.03. The van der Waals surface area contributed by atoms with Crippen molar-refractivity contribution in [3.05, 3.63) is 48.8 Å². The van der Waals surface area contributed by atoms with Crippen LogP contribution in [0.4, 0.5) is 13.2 Å². The molecule has 0 unspecified atom stereocenters. The predicted octanol–water partition coefficient (Wildman–Crippen LogP) is 4.13. The van der Waals surface area contributed by atoms with Crippen LogP contribution in [0.5, 0.6) is 5.75 Å². The Labute approximate surface area is 185 Å². The molecule has 0 aliphatic heterocycles. The summed E-state index contributed by atoms with van der Waals surface area (Å²) in [5.74, 6) is -0.335. The monoisotopic (exact) mass is 475 g/mol. The number of aryl methyl sites for hydroxylation is 1. The molecule has 4 aromatic heterocycles. The number of halogens is 3. The van der Waals surface area contributed by atoms with Gasteiger partial charge in [-0.1, -0.05) is 25.1 Å². The molecule has 0 amide bonds. The maximum absolute atomic E-state index is 13.0. The summed E-state index contributed by atoms with van der Waals surface area (Å²) in [6.45, 7) is 1.54. The van der Waals surface area contributed by atoms with Gasteiger partial charge in [-0.25, -0.2) is 23.4 Å². The van der Waals surface area contributed by atoms with Gasteiger partial charge >= 0.3 is 6.36 Å². The Hall–Kier alpha value is -3.67. The summed E-state index contributed by atoms with van der Waals surface area (Å²) in [7, 11) is -2.05. The summed E-state index contributed by atoms with van der Waals surface area (Å²) in [6, 6.07) is 9.32. The highest BCUT2D eigenvalue weighted by Gasteiger charge is 2.33. The van der Waals surface area contributed by atoms with E-state index in [0.717, 1.165) is 0 Å². The van der Waals surface area contributed by atoms with E-state index in [1.165, 1.54) is 29.7 Å². The first-order valence-electron chi connectivity index (χ1n) is 9.81. The average molecular weight is 475 g/mol. The number of para-hydroxylation sites is 1. The molecule has 0 N–H and O–H groups in total. The molecule has 5 aromatic rings. The topological polar surface area (TPSA) is 91.4 Å². The molecule has 0 spiro atoms. The van der Waals surface area contributed by atoms with Gasteiger partial charge in [-0.05, 0) is 18.2 Å². The molecule has 0 saturated heterocycles. The molecular formula is C21H16F3N5O3S. The molecule has 0 radical (unpaired) electrons. The molecule has 5 rings (SSSR count). The first-order chi connectivity index (χ1) is 15.6. The second kappa shape index (κ2) is 7.17. The van der Waals surface area contributed by atoms with Gasteiger partial charge in [0.2, 0.25) is 0 Å². The Morgan fingerprint density at radius 3 is 2.61 bits per heavy atom. The van der Waals surface area contributed by atoms with Crippen LogP contribution in [0.25, 0.3) is 39.1 Å². The number of nitrogens with zero attached hydrogens (tertiary/aromatic N) is 5. The first-order valence-corrected chi connectivity index (χ1v) is 11.5. The molecule has 8 nitrogen and oxygen atoms in total. The van der Waals surface area contributed by atoms with E-state index in [4.69, 9.17) is 0 Å². The van der Waals surface area contributed by atoms with Crippen LogP contribution in [-0.2, 0) is 16.9 Å². The lowest BCUT2D eigenvalue weighted by Gasteiger charge is -2.11. The third-order valence-electron chi connectivity index (χ3n) is 5.29. The highest BCUT2D eigenvalue weighted by molar-refractivity contribution is 7.91. The summed E-state index contributed by atoms with van der Waals surface area (Å²) < 4.78 is 71.7. The number of ether oxygens (including phenoxy) is 1. The number of alkyl halides is 3. The fourth-order valence-corrected chi connectivity index (χ4v) is 5.03. The lowest BCUT2D eigenvalue weighted by atomic mass is 10.2. The molecular weight excluding hydrogens is 459 g/mol. The molecule has 0 aliphatic carbocycles. The fraction of sp³-hybridized carbons (Fsp3) is 0.190. The molecule has 1 aromatic carbocycles. The Balaban J connectivity index is 1.82. The zero-order valence-corrected chi connectivity index (χ0v) is 18.1. The SMILES string of the molecule is CCS(=O)(=O)c1c(-c2nc3cnc4c(OC(F)(F)F)cccc4c3n2C)nc2ccccn12. The quantitative estimate of drug-likeness (QED) is 0.388. The Morgan fingerprint density at radius 2 is 1.88 bits per heavy atom. The molecule has 12 heteroatoms. The van der Waals surface area contributed by atoms with Gasteiger partial charge in [-0.15, -0.1) is 13.2 Å². The van der Waals surface area contributed by atoms with Crippen molar-refractivity contribution in [1.82, 2.24) is 23.9 Å². The summed E-state index contributed by atoms with van der Waals surface area (Å²) in [6.07, 6.45) is -1.94. The second-order valence-electron chi connectivity index (χ2n) is 7.28. The lowest BCUT2D eigenvalue weighted by Crippen LogP contribution is -2.17. The van der Waals surface area contributed by atoms with Crippen LogP contribution >= 0.6 is 0 Å². The van der Waals surface area contributed by atoms with Crippen LogP contribution in [-0.4, -0.2) is 44.5 Å². The molecule has 0 fully saturated rings. The Morgan fingerprint density at radius 1 is 1.09 bits per heavy atom. The van der Waals surface area contributed by atoms with E-state index < -0.39 is 21.9 Å². The van der Waals surface area contributed by atoms with Gasteiger partial charge in [0.25, 0.3) is 0 Å². The van der Waals surface area contributed by atoms with Crippen molar-refractivity contribution in [2.24, 2.45) is 7.05 Å². The Bertz CT molecular complexity index is 1660. The van der Waals surface area contributed by atoms with Crippen molar-refractivity contribution < 1.29 is 26.3 Å². The largest absolute Gasteiger partial charge is 0.573 e.